The summed E-state index contributed by atoms with van der Waals surface area (Å²) in [6, 6.07) is -0.689. The maximum atomic E-state index is 12.9. The largest absolute Gasteiger partial charge is 0.342 e. The summed E-state index contributed by atoms with van der Waals surface area (Å²) < 4.78 is 0. The lowest BCUT2D eigenvalue weighted by molar-refractivity contribution is -0.150. The third-order valence-corrected chi connectivity index (χ3v) is 6.59. The van der Waals surface area contributed by atoms with Crippen molar-refractivity contribution >= 4 is 24.4 Å². The van der Waals surface area contributed by atoms with Crippen molar-refractivity contribution in [1.82, 2.24) is 10.2 Å². The molecule has 0 bridgehead atoms. The lowest BCUT2D eigenvalue weighted by Crippen LogP contribution is -2.65. The molecule has 136 valence electrons. The number of carbonyl (C=O) groups is 2. The van der Waals surface area contributed by atoms with Crippen molar-refractivity contribution in [2.75, 3.05) is 12.3 Å². The molecule has 4 nitrogen and oxygen atoms in total. The predicted molar refractivity (Wildman–Crippen MR) is 99.1 cm³/mol. The van der Waals surface area contributed by atoms with Gasteiger partial charge in [0.15, 0.2) is 0 Å². The standard InChI is InChI=1S/C19H32N2O2S/c22-18-17(11-14-7-3-1-4-8-14)21(19(23)16(13-24)20-18)12-15-9-5-2-6-10-15/h14-17,24H,1-13H2,(H,20,22)/t16-,17-/m1/s1. The molecule has 0 aromatic heterocycles. The summed E-state index contributed by atoms with van der Waals surface area (Å²) in [6.45, 7) is 0.772. The van der Waals surface area contributed by atoms with Gasteiger partial charge in [-0.3, -0.25) is 9.59 Å². The van der Waals surface area contributed by atoms with Gasteiger partial charge in [-0.25, -0.2) is 0 Å². The van der Waals surface area contributed by atoms with Gasteiger partial charge in [0, 0.05) is 12.3 Å². The number of hydrogen-bond donors (Lipinski definition) is 2. The van der Waals surface area contributed by atoms with Crippen LogP contribution in [0.3, 0.4) is 0 Å². The second-order valence-electron chi connectivity index (χ2n) is 7.99. The van der Waals surface area contributed by atoms with Gasteiger partial charge in [-0.15, -0.1) is 0 Å². The first kappa shape index (κ1) is 18.1. The van der Waals surface area contributed by atoms with E-state index in [2.05, 4.69) is 17.9 Å². The average Bonchev–Trinajstić information content (AvgIpc) is 2.62. The molecular weight excluding hydrogens is 320 g/mol. The van der Waals surface area contributed by atoms with Crippen molar-refractivity contribution in [2.45, 2.75) is 82.7 Å². The monoisotopic (exact) mass is 352 g/mol. The van der Waals surface area contributed by atoms with E-state index in [0.29, 0.717) is 17.6 Å². The highest BCUT2D eigenvalue weighted by Crippen LogP contribution is 2.32. The number of hydrogen-bond acceptors (Lipinski definition) is 3. The number of piperazine rings is 1. The van der Waals surface area contributed by atoms with Gasteiger partial charge in [0.05, 0.1) is 0 Å². The van der Waals surface area contributed by atoms with Gasteiger partial charge in [-0.1, -0.05) is 51.4 Å². The normalized spacial score (nSPS) is 30.5. The zero-order valence-corrected chi connectivity index (χ0v) is 15.6. The molecule has 0 radical (unpaired) electrons. The van der Waals surface area contributed by atoms with Gasteiger partial charge in [0.25, 0.3) is 0 Å². The summed E-state index contributed by atoms with van der Waals surface area (Å²) in [5.74, 6) is 1.71. The molecule has 1 aliphatic heterocycles. The molecule has 2 saturated carbocycles. The fourth-order valence-electron chi connectivity index (χ4n) is 4.79. The Hall–Kier alpha value is -0.710. The zero-order chi connectivity index (χ0) is 16.9. The molecule has 2 atom stereocenters. The van der Waals surface area contributed by atoms with Crippen molar-refractivity contribution in [3.63, 3.8) is 0 Å². The topological polar surface area (TPSA) is 49.4 Å². The SMILES string of the molecule is O=C1N[C@H](CS)C(=O)N(CC2CCCCC2)[C@@H]1CC1CCCCC1. The van der Waals surface area contributed by atoms with Crippen LogP contribution in [0.15, 0.2) is 0 Å². The Kier molecular flexibility index (Phi) is 6.48. The van der Waals surface area contributed by atoms with Crippen molar-refractivity contribution < 1.29 is 9.59 Å². The quantitative estimate of drug-likeness (QED) is 0.747. The molecule has 0 aromatic carbocycles. The van der Waals surface area contributed by atoms with Crippen LogP contribution in [-0.2, 0) is 9.59 Å². The van der Waals surface area contributed by atoms with Crippen LogP contribution in [0, 0.1) is 11.8 Å². The summed E-state index contributed by atoms with van der Waals surface area (Å²) in [7, 11) is 0. The highest BCUT2D eigenvalue weighted by Gasteiger charge is 2.41. The minimum atomic E-state index is -0.438. The Balaban J connectivity index is 1.70. The van der Waals surface area contributed by atoms with E-state index in [0.717, 1.165) is 13.0 Å². The molecule has 1 N–H and O–H groups in total. The number of thiol groups is 1. The predicted octanol–water partition coefficient (Wildman–Crippen LogP) is 3.16. The van der Waals surface area contributed by atoms with Gasteiger partial charge >= 0.3 is 0 Å². The third-order valence-electron chi connectivity index (χ3n) is 6.22. The molecule has 3 fully saturated rings. The molecule has 3 rings (SSSR count). The molecule has 1 saturated heterocycles. The molecule has 1 heterocycles. The van der Waals surface area contributed by atoms with Crippen LogP contribution in [0.2, 0.25) is 0 Å². The summed E-state index contributed by atoms with van der Waals surface area (Å²) in [5, 5.41) is 2.92. The Morgan fingerprint density at radius 1 is 0.917 bits per heavy atom. The Bertz CT molecular complexity index is 445. The smallest absolute Gasteiger partial charge is 0.246 e. The maximum absolute atomic E-state index is 12.9. The number of carbonyl (C=O) groups excluding carboxylic acids is 2. The van der Waals surface area contributed by atoms with E-state index >= 15 is 0 Å². The van der Waals surface area contributed by atoms with E-state index in [4.69, 9.17) is 0 Å². The molecule has 2 aliphatic carbocycles. The van der Waals surface area contributed by atoms with E-state index in [9.17, 15) is 9.59 Å². The highest BCUT2D eigenvalue weighted by molar-refractivity contribution is 7.80. The molecule has 3 aliphatic rings. The fourth-order valence-corrected chi connectivity index (χ4v) is 5.03. The summed E-state index contributed by atoms with van der Waals surface area (Å²) in [4.78, 5) is 27.5. The average molecular weight is 353 g/mol. The molecular formula is C19H32N2O2S. The van der Waals surface area contributed by atoms with Crippen LogP contribution in [0.4, 0.5) is 0 Å². The van der Waals surface area contributed by atoms with Crippen LogP contribution < -0.4 is 5.32 Å². The molecule has 24 heavy (non-hydrogen) atoms. The van der Waals surface area contributed by atoms with Crippen molar-refractivity contribution in [2.24, 2.45) is 11.8 Å². The van der Waals surface area contributed by atoms with E-state index in [1.54, 1.807) is 0 Å². The number of nitrogens with one attached hydrogen (secondary N) is 1. The molecule has 0 aromatic rings. The van der Waals surface area contributed by atoms with Gasteiger partial charge in [0.2, 0.25) is 11.8 Å². The van der Waals surface area contributed by atoms with Gasteiger partial charge in [-0.2, -0.15) is 12.6 Å². The summed E-state index contributed by atoms with van der Waals surface area (Å²) >= 11 is 4.27. The van der Waals surface area contributed by atoms with Gasteiger partial charge in [0.1, 0.15) is 12.1 Å². The zero-order valence-electron chi connectivity index (χ0n) is 14.7. The fraction of sp³-hybridized carbons (Fsp3) is 0.895. The highest BCUT2D eigenvalue weighted by atomic mass is 32.1. The Morgan fingerprint density at radius 2 is 1.50 bits per heavy atom. The first-order valence-electron chi connectivity index (χ1n) is 9.90. The van der Waals surface area contributed by atoms with Crippen LogP contribution in [-0.4, -0.2) is 41.1 Å². The number of nitrogens with zero attached hydrogens (tertiary/aromatic N) is 1. The Morgan fingerprint density at radius 3 is 2.08 bits per heavy atom. The molecule has 0 spiro atoms. The van der Waals surface area contributed by atoms with Crippen LogP contribution in [0.25, 0.3) is 0 Å². The van der Waals surface area contributed by atoms with E-state index in [-0.39, 0.29) is 17.9 Å². The second-order valence-corrected chi connectivity index (χ2v) is 8.36. The minimum Gasteiger partial charge on any atom is -0.342 e. The van der Waals surface area contributed by atoms with E-state index < -0.39 is 6.04 Å². The van der Waals surface area contributed by atoms with Crippen molar-refractivity contribution in [3.8, 4) is 0 Å². The van der Waals surface area contributed by atoms with Crippen molar-refractivity contribution in [3.05, 3.63) is 0 Å². The number of rotatable bonds is 5. The number of amides is 2. The lowest BCUT2D eigenvalue weighted by Gasteiger charge is -2.42. The van der Waals surface area contributed by atoms with Crippen molar-refractivity contribution in [1.29, 1.82) is 0 Å². The summed E-state index contributed by atoms with van der Waals surface area (Å²) in [6.07, 6.45) is 13.4. The first-order chi connectivity index (χ1) is 11.7. The van der Waals surface area contributed by atoms with Gasteiger partial charge < -0.3 is 10.2 Å². The van der Waals surface area contributed by atoms with E-state index in [1.165, 1.54) is 64.2 Å². The molecule has 5 heteroatoms. The Labute approximate surface area is 151 Å². The van der Waals surface area contributed by atoms with Crippen LogP contribution in [0.5, 0.6) is 0 Å². The lowest BCUT2D eigenvalue weighted by atomic mass is 9.83. The maximum Gasteiger partial charge on any atom is 0.246 e. The molecule has 0 unspecified atom stereocenters. The molecule has 2 amide bonds. The van der Waals surface area contributed by atoms with E-state index in [1.807, 2.05) is 4.90 Å². The van der Waals surface area contributed by atoms with Crippen LogP contribution in [0.1, 0.15) is 70.6 Å². The van der Waals surface area contributed by atoms with Crippen LogP contribution >= 0.6 is 12.6 Å². The third kappa shape index (κ3) is 4.27. The summed E-state index contributed by atoms with van der Waals surface area (Å²) in [5.41, 5.74) is 0. The van der Waals surface area contributed by atoms with Gasteiger partial charge in [-0.05, 0) is 31.1 Å². The minimum absolute atomic E-state index is 0.0510. The second kappa shape index (κ2) is 8.59. The first-order valence-corrected chi connectivity index (χ1v) is 10.5.